The second kappa shape index (κ2) is 4.16. The van der Waals surface area contributed by atoms with Crippen molar-refractivity contribution in [1.82, 2.24) is 4.90 Å². The van der Waals surface area contributed by atoms with Crippen molar-refractivity contribution < 1.29 is 4.79 Å². The van der Waals surface area contributed by atoms with Crippen molar-refractivity contribution in [2.45, 2.75) is 6.54 Å². The Morgan fingerprint density at radius 2 is 2.42 bits per heavy atom. The molecule has 0 spiro atoms. The molecule has 12 heavy (non-hydrogen) atoms. The van der Waals surface area contributed by atoms with E-state index in [1.165, 1.54) is 16.2 Å². The van der Waals surface area contributed by atoms with E-state index >= 15 is 0 Å². The van der Waals surface area contributed by atoms with Gasteiger partial charge in [-0.3, -0.25) is 4.79 Å². The number of hydrogen-bond acceptors (Lipinski definition) is 2. The van der Waals surface area contributed by atoms with E-state index in [0.717, 1.165) is 9.21 Å². The second-order valence-corrected chi connectivity index (χ2v) is 4.53. The fraction of sp³-hybridized carbons (Fsp3) is 0.286. The van der Waals surface area contributed by atoms with Gasteiger partial charge in [-0.2, -0.15) is 0 Å². The van der Waals surface area contributed by atoms with Crippen molar-refractivity contribution in [2.24, 2.45) is 0 Å². The van der Waals surface area contributed by atoms with Gasteiger partial charge >= 0.3 is 0 Å². The summed E-state index contributed by atoms with van der Waals surface area (Å²) >= 11 is 10.9. The fourth-order valence-electron chi connectivity index (χ4n) is 0.738. The Hall–Kier alpha value is -0.190. The molecule has 0 aliphatic rings. The first kappa shape index (κ1) is 9.89. The van der Waals surface area contributed by atoms with Crippen LogP contribution >= 0.6 is 35.6 Å². The van der Waals surface area contributed by atoms with Crippen LogP contribution in [0.4, 0.5) is 4.79 Å². The molecule has 1 aromatic rings. The van der Waals surface area contributed by atoms with Crippen LogP contribution in [0, 0.1) is 0 Å². The van der Waals surface area contributed by atoms with Gasteiger partial charge in [0.25, 0.3) is 5.24 Å². The second-order valence-electron chi connectivity index (χ2n) is 2.34. The van der Waals surface area contributed by atoms with Gasteiger partial charge in [0, 0.05) is 11.9 Å². The van der Waals surface area contributed by atoms with Crippen molar-refractivity contribution in [2.75, 3.05) is 7.05 Å². The van der Waals surface area contributed by atoms with E-state index in [-0.39, 0.29) is 5.24 Å². The predicted octanol–water partition coefficient (Wildman–Crippen LogP) is 2.88. The Morgan fingerprint density at radius 3 is 2.83 bits per heavy atom. The lowest BCUT2D eigenvalue weighted by molar-refractivity contribution is 0.232. The lowest BCUT2D eigenvalue weighted by Gasteiger charge is -2.11. The van der Waals surface area contributed by atoms with Gasteiger partial charge in [0.15, 0.2) is 0 Å². The number of halogens is 1. The summed E-state index contributed by atoms with van der Waals surface area (Å²) in [6.45, 7) is 0.569. The lowest BCUT2D eigenvalue weighted by Crippen LogP contribution is -2.19. The third-order valence-electron chi connectivity index (χ3n) is 1.35. The maximum atomic E-state index is 10.7. The summed E-state index contributed by atoms with van der Waals surface area (Å²) in [5.41, 5.74) is 0. The summed E-state index contributed by atoms with van der Waals surface area (Å²) in [5, 5.41) is -0.237. The molecule has 0 aliphatic heterocycles. The highest BCUT2D eigenvalue weighted by molar-refractivity contribution is 7.96. The molecular formula is C7H8ClNOS2. The molecule has 1 heterocycles. The SMILES string of the molecule is CN(Cc1ccc(Cl)s1)C(=O)S. The molecule has 5 heteroatoms. The molecule has 0 fully saturated rings. The minimum Gasteiger partial charge on any atom is -0.332 e. The summed E-state index contributed by atoms with van der Waals surface area (Å²) in [4.78, 5) is 13.3. The van der Waals surface area contributed by atoms with E-state index in [9.17, 15) is 4.79 Å². The van der Waals surface area contributed by atoms with Crippen LogP contribution in [0.25, 0.3) is 0 Å². The zero-order valence-electron chi connectivity index (χ0n) is 6.45. The summed E-state index contributed by atoms with van der Waals surface area (Å²) in [5.74, 6) is 0. The van der Waals surface area contributed by atoms with Crippen molar-refractivity contribution in [1.29, 1.82) is 0 Å². The molecule has 2 nitrogen and oxygen atoms in total. The molecule has 0 saturated carbocycles. The van der Waals surface area contributed by atoms with Crippen LogP contribution in [0.5, 0.6) is 0 Å². The molecule has 0 atom stereocenters. The first-order valence-electron chi connectivity index (χ1n) is 3.28. The minimum absolute atomic E-state index is 0.237. The summed E-state index contributed by atoms with van der Waals surface area (Å²) in [6.07, 6.45) is 0. The molecule has 1 amide bonds. The molecule has 0 unspecified atom stereocenters. The largest absolute Gasteiger partial charge is 0.332 e. The van der Waals surface area contributed by atoms with Gasteiger partial charge in [0.05, 0.1) is 10.9 Å². The van der Waals surface area contributed by atoms with E-state index in [0.29, 0.717) is 6.54 Å². The summed E-state index contributed by atoms with van der Waals surface area (Å²) < 4.78 is 0.741. The van der Waals surface area contributed by atoms with Crippen LogP contribution in [0.1, 0.15) is 4.88 Å². The minimum atomic E-state index is -0.237. The highest BCUT2D eigenvalue weighted by atomic mass is 35.5. The first-order chi connectivity index (χ1) is 5.59. The molecule has 0 N–H and O–H groups in total. The quantitative estimate of drug-likeness (QED) is 0.762. The van der Waals surface area contributed by atoms with Crippen LogP contribution in [0.2, 0.25) is 4.34 Å². The molecule has 0 radical (unpaired) electrons. The highest BCUT2D eigenvalue weighted by Crippen LogP contribution is 2.22. The fourth-order valence-corrected chi connectivity index (χ4v) is 1.95. The van der Waals surface area contributed by atoms with Crippen LogP contribution in [-0.4, -0.2) is 17.2 Å². The normalized spacial score (nSPS) is 9.92. The van der Waals surface area contributed by atoms with Gasteiger partial charge in [-0.1, -0.05) is 24.2 Å². The van der Waals surface area contributed by atoms with Crippen LogP contribution < -0.4 is 0 Å². The molecule has 1 rings (SSSR count). The van der Waals surface area contributed by atoms with E-state index in [1.54, 1.807) is 7.05 Å². The lowest BCUT2D eigenvalue weighted by atomic mass is 10.4. The van der Waals surface area contributed by atoms with Crippen LogP contribution in [-0.2, 0) is 6.54 Å². The Balaban J connectivity index is 2.58. The zero-order valence-corrected chi connectivity index (χ0v) is 8.92. The molecule has 0 bridgehead atoms. The van der Waals surface area contributed by atoms with Gasteiger partial charge in [-0.25, -0.2) is 0 Å². The Kier molecular flexibility index (Phi) is 3.43. The van der Waals surface area contributed by atoms with Gasteiger partial charge in [-0.15, -0.1) is 11.3 Å². The molecule has 66 valence electrons. The van der Waals surface area contributed by atoms with E-state index < -0.39 is 0 Å². The summed E-state index contributed by atoms with van der Waals surface area (Å²) in [7, 11) is 1.70. The molecule has 0 aromatic carbocycles. The third-order valence-corrected chi connectivity index (χ3v) is 2.91. The molecule has 1 aromatic heterocycles. The van der Waals surface area contributed by atoms with Crippen molar-refractivity contribution in [3.05, 3.63) is 21.3 Å². The van der Waals surface area contributed by atoms with Gasteiger partial charge < -0.3 is 4.90 Å². The number of carbonyl (C=O) groups is 1. The Bertz CT molecular complexity index is 287. The topological polar surface area (TPSA) is 20.3 Å². The predicted molar refractivity (Wildman–Crippen MR) is 55.2 cm³/mol. The maximum absolute atomic E-state index is 10.7. The number of nitrogens with zero attached hydrogens (tertiary/aromatic N) is 1. The average Bonchev–Trinajstić information content (AvgIpc) is 2.35. The standard InChI is InChI=1S/C7H8ClNOS2/c1-9(7(10)11)4-5-2-3-6(8)12-5/h2-3H,4H2,1H3,(H,10,11). The van der Waals surface area contributed by atoms with Crippen molar-refractivity contribution in [3.8, 4) is 0 Å². The number of hydrogen-bond donors (Lipinski definition) is 1. The third kappa shape index (κ3) is 2.69. The Morgan fingerprint density at radius 1 is 1.75 bits per heavy atom. The van der Waals surface area contributed by atoms with Crippen molar-refractivity contribution in [3.63, 3.8) is 0 Å². The van der Waals surface area contributed by atoms with E-state index in [1.807, 2.05) is 12.1 Å². The van der Waals surface area contributed by atoms with Gasteiger partial charge in [0.1, 0.15) is 0 Å². The smallest absolute Gasteiger partial charge is 0.278 e. The Labute approximate surface area is 85.5 Å². The maximum Gasteiger partial charge on any atom is 0.278 e. The van der Waals surface area contributed by atoms with Crippen molar-refractivity contribution >= 4 is 40.8 Å². The summed E-state index contributed by atoms with van der Waals surface area (Å²) in [6, 6.07) is 3.72. The number of carbonyl (C=O) groups excluding carboxylic acids is 1. The zero-order chi connectivity index (χ0) is 9.14. The van der Waals surface area contributed by atoms with E-state index in [2.05, 4.69) is 12.6 Å². The number of thiol groups is 1. The monoisotopic (exact) mass is 221 g/mol. The number of amides is 1. The molecule has 0 aliphatic carbocycles. The van der Waals surface area contributed by atoms with E-state index in [4.69, 9.17) is 11.6 Å². The highest BCUT2D eigenvalue weighted by Gasteiger charge is 2.05. The molecule has 0 saturated heterocycles. The average molecular weight is 222 g/mol. The van der Waals surface area contributed by atoms with Crippen LogP contribution in [0.15, 0.2) is 12.1 Å². The van der Waals surface area contributed by atoms with Gasteiger partial charge in [0.2, 0.25) is 0 Å². The molecular weight excluding hydrogens is 214 g/mol. The number of thiophene rings is 1. The first-order valence-corrected chi connectivity index (χ1v) is 4.92. The number of rotatable bonds is 2. The van der Waals surface area contributed by atoms with Gasteiger partial charge in [-0.05, 0) is 12.1 Å². The van der Waals surface area contributed by atoms with Crippen LogP contribution in [0.3, 0.4) is 0 Å².